The zero-order valence-corrected chi connectivity index (χ0v) is 9.72. The Hall–Kier alpha value is 0.130. The van der Waals surface area contributed by atoms with Gasteiger partial charge in [0.15, 0.2) is 0 Å². The SMILES string of the molecule is O[C@H](CCI)c1cccc(Cl)c1F. The molecule has 0 saturated carbocycles. The smallest absolute Gasteiger partial charge is 0.147 e. The van der Waals surface area contributed by atoms with E-state index >= 15 is 0 Å². The highest BCUT2D eigenvalue weighted by molar-refractivity contribution is 14.1. The van der Waals surface area contributed by atoms with Crippen LogP contribution < -0.4 is 0 Å². The second kappa shape index (κ2) is 5.12. The molecule has 1 aromatic rings. The molecule has 0 aliphatic carbocycles. The summed E-state index contributed by atoms with van der Waals surface area (Å²) in [6.45, 7) is 0. The Bertz CT molecular complexity index is 293. The summed E-state index contributed by atoms with van der Waals surface area (Å²) < 4.78 is 14.1. The van der Waals surface area contributed by atoms with E-state index in [0.29, 0.717) is 6.42 Å². The van der Waals surface area contributed by atoms with Crippen molar-refractivity contribution in [3.63, 3.8) is 0 Å². The lowest BCUT2D eigenvalue weighted by Gasteiger charge is -2.10. The molecule has 0 fully saturated rings. The molecule has 0 unspecified atom stereocenters. The topological polar surface area (TPSA) is 20.2 Å². The van der Waals surface area contributed by atoms with Crippen LogP contribution in [0.15, 0.2) is 18.2 Å². The highest BCUT2D eigenvalue weighted by atomic mass is 127. The largest absolute Gasteiger partial charge is 0.388 e. The Labute approximate surface area is 95.1 Å². The summed E-state index contributed by atoms with van der Waals surface area (Å²) >= 11 is 7.70. The Kier molecular flexibility index (Phi) is 4.41. The Morgan fingerprint density at radius 1 is 1.54 bits per heavy atom. The predicted molar refractivity (Wildman–Crippen MR) is 59.9 cm³/mol. The van der Waals surface area contributed by atoms with Crippen LogP contribution in [-0.2, 0) is 0 Å². The maximum Gasteiger partial charge on any atom is 0.147 e. The average Bonchev–Trinajstić information content (AvgIpc) is 2.10. The third-order valence-corrected chi connectivity index (χ3v) is 2.64. The van der Waals surface area contributed by atoms with Crippen LogP contribution in [-0.4, -0.2) is 9.53 Å². The van der Waals surface area contributed by atoms with Gasteiger partial charge < -0.3 is 5.11 Å². The van der Waals surface area contributed by atoms with Gasteiger partial charge in [-0.25, -0.2) is 4.39 Å². The van der Waals surface area contributed by atoms with Crippen LogP contribution in [0.4, 0.5) is 4.39 Å². The van der Waals surface area contributed by atoms with Crippen molar-refractivity contribution >= 4 is 34.2 Å². The van der Waals surface area contributed by atoms with Gasteiger partial charge in [0.25, 0.3) is 0 Å². The van der Waals surface area contributed by atoms with Gasteiger partial charge in [0.05, 0.1) is 11.1 Å². The number of aliphatic hydroxyl groups excluding tert-OH is 1. The summed E-state index contributed by atoms with van der Waals surface area (Å²) in [7, 11) is 0. The molecule has 0 bridgehead atoms. The fourth-order valence-electron chi connectivity index (χ4n) is 1.04. The summed E-state index contributed by atoms with van der Waals surface area (Å²) in [5.74, 6) is -0.512. The minimum atomic E-state index is -0.754. The molecule has 13 heavy (non-hydrogen) atoms. The van der Waals surface area contributed by atoms with Crippen LogP contribution in [0.3, 0.4) is 0 Å². The number of hydrogen-bond acceptors (Lipinski definition) is 1. The minimum absolute atomic E-state index is 0.0602. The van der Waals surface area contributed by atoms with Gasteiger partial charge >= 0.3 is 0 Å². The van der Waals surface area contributed by atoms with E-state index in [1.54, 1.807) is 12.1 Å². The molecule has 0 aliphatic rings. The molecule has 1 nitrogen and oxygen atoms in total. The van der Waals surface area contributed by atoms with Crippen LogP contribution >= 0.6 is 34.2 Å². The van der Waals surface area contributed by atoms with Crippen LogP contribution in [0.25, 0.3) is 0 Å². The summed E-state index contributed by atoms with van der Waals surface area (Å²) in [5.41, 5.74) is 0.282. The standard InChI is InChI=1S/C9H9ClFIO/c10-7-3-1-2-6(9(7)11)8(13)4-5-12/h1-3,8,13H,4-5H2/t8-/m1/s1. The predicted octanol–water partition coefficient (Wildman–Crippen LogP) is 3.34. The van der Waals surface area contributed by atoms with Crippen molar-refractivity contribution in [3.05, 3.63) is 34.6 Å². The molecular formula is C9H9ClFIO. The summed E-state index contributed by atoms with van der Waals surface area (Å²) in [4.78, 5) is 0. The van der Waals surface area contributed by atoms with E-state index in [2.05, 4.69) is 22.6 Å². The summed E-state index contributed by atoms with van der Waals surface area (Å²) in [6, 6.07) is 4.66. The fourth-order valence-corrected chi connectivity index (χ4v) is 1.81. The van der Waals surface area contributed by atoms with Gasteiger partial charge in [-0.05, 0) is 12.5 Å². The van der Waals surface area contributed by atoms with Crippen LogP contribution in [0.2, 0.25) is 5.02 Å². The van der Waals surface area contributed by atoms with Gasteiger partial charge in [-0.1, -0.05) is 46.3 Å². The molecule has 0 radical (unpaired) electrons. The molecule has 4 heteroatoms. The van der Waals surface area contributed by atoms with E-state index < -0.39 is 11.9 Å². The first-order chi connectivity index (χ1) is 6.16. The van der Waals surface area contributed by atoms with Gasteiger partial charge in [0, 0.05) is 9.99 Å². The number of benzene rings is 1. The molecule has 1 aromatic carbocycles. The fraction of sp³-hybridized carbons (Fsp3) is 0.333. The zero-order chi connectivity index (χ0) is 9.84. The van der Waals surface area contributed by atoms with E-state index in [1.807, 2.05) is 0 Å². The van der Waals surface area contributed by atoms with Crippen LogP contribution in [0, 0.1) is 5.82 Å². The zero-order valence-electron chi connectivity index (χ0n) is 6.80. The first kappa shape index (κ1) is 11.2. The summed E-state index contributed by atoms with van der Waals surface area (Å²) in [5, 5.41) is 9.58. The molecule has 0 aliphatic heterocycles. The van der Waals surface area contributed by atoms with E-state index in [4.69, 9.17) is 11.6 Å². The maximum absolute atomic E-state index is 13.3. The quantitative estimate of drug-likeness (QED) is 0.670. The van der Waals surface area contributed by atoms with E-state index in [-0.39, 0.29) is 10.6 Å². The molecule has 1 rings (SSSR count). The number of aliphatic hydroxyl groups is 1. The van der Waals surface area contributed by atoms with Crippen molar-refractivity contribution in [2.45, 2.75) is 12.5 Å². The van der Waals surface area contributed by atoms with Crippen LogP contribution in [0.1, 0.15) is 18.1 Å². The Morgan fingerprint density at radius 3 is 2.85 bits per heavy atom. The molecule has 0 aromatic heterocycles. The van der Waals surface area contributed by atoms with Gasteiger partial charge in [0.1, 0.15) is 5.82 Å². The van der Waals surface area contributed by atoms with Gasteiger partial charge in [0.2, 0.25) is 0 Å². The summed E-state index contributed by atoms with van der Waals surface area (Å²) in [6.07, 6.45) is -0.215. The highest BCUT2D eigenvalue weighted by Gasteiger charge is 2.13. The molecule has 1 N–H and O–H groups in total. The lowest BCUT2D eigenvalue weighted by Crippen LogP contribution is -2.01. The number of halogens is 3. The number of rotatable bonds is 3. The van der Waals surface area contributed by atoms with Crippen molar-refractivity contribution in [2.24, 2.45) is 0 Å². The van der Waals surface area contributed by atoms with Gasteiger partial charge in [-0.15, -0.1) is 0 Å². The normalized spacial score (nSPS) is 12.9. The molecule has 1 atom stereocenters. The highest BCUT2D eigenvalue weighted by Crippen LogP contribution is 2.25. The molecule has 72 valence electrons. The second-order valence-electron chi connectivity index (χ2n) is 2.64. The van der Waals surface area contributed by atoms with Gasteiger partial charge in [-0.3, -0.25) is 0 Å². The monoisotopic (exact) mass is 314 g/mol. The van der Waals surface area contributed by atoms with Crippen molar-refractivity contribution in [1.29, 1.82) is 0 Å². The molecule has 0 heterocycles. The molecule has 0 spiro atoms. The number of alkyl halides is 1. The second-order valence-corrected chi connectivity index (χ2v) is 4.12. The lowest BCUT2D eigenvalue weighted by atomic mass is 10.1. The van der Waals surface area contributed by atoms with Crippen molar-refractivity contribution in [2.75, 3.05) is 4.43 Å². The van der Waals surface area contributed by atoms with Gasteiger partial charge in [-0.2, -0.15) is 0 Å². The molecule has 0 amide bonds. The van der Waals surface area contributed by atoms with Crippen molar-refractivity contribution < 1.29 is 9.50 Å². The Balaban J connectivity index is 2.93. The minimum Gasteiger partial charge on any atom is -0.388 e. The molecule has 0 saturated heterocycles. The lowest BCUT2D eigenvalue weighted by molar-refractivity contribution is 0.171. The van der Waals surface area contributed by atoms with E-state index in [0.717, 1.165) is 4.43 Å². The number of hydrogen-bond donors (Lipinski definition) is 1. The van der Waals surface area contributed by atoms with Crippen molar-refractivity contribution in [3.8, 4) is 0 Å². The average molecular weight is 315 g/mol. The third kappa shape index (κ3) is 2.79. The van der Waals surface area contributed by atoms with Crippen molar-refractivity contribution in [1.82, 2.24) is 0 Å². The third-order valence-electron chi connectivity index (χ3n) is 1.72. The van der Waals surface area contributed by atoms with E-state index in [9.17, 15) is 9.50 Å². The first-order valence-electron chi connectivity index (χ1n) is 3.84. The maximum atomic E-state index is 13.3. The molecular weight excluding hydrogens is 305 g/mol. The van der Waals surface area contributed by atoms with Crippen LogP contribution in [0.5, 0.6) is 0 Å². The first-order valence-corrected chi connectivity index (χ1v) is 5.75. The van der Waals surface area contributed by atoms with E-state index in [1.165, 1.54) is 6.07 Å². The Morgan fingerprint density at radius 2 is 2.23 bits per heavy atom.